The SMILES string of the molecule is O=C([O-])c1c(F)cccc1F.O=C([O-])c1c(F)cccc1F.O=C([O-])c1c(F)cccc1F.O=C([O-])c1c(F)cccc1F.[Cu+2].[Cu+2].[OH3+].[OH3+]. The Morgan fingerprint density at radius 1 is 0.333 bits per heavy atom. The van der Waals surface area contributed by atoms with E-state index >= 15 is 0 Å². The van der Waals surface area contributed by atoms with Crippen LogP contribution in [-0.2, 0) is 45.1 Å². The summed E-state index contributed by atoms with van der Waals surface area (Å²) in [7, 11) is 0. The normalized spacial score (nSPS) is 8.83. The summed E-state index contributed by atoms with van der Waals surface area (Å²) in [5.41, 5.74) is -4.08. The van der Waals surface area contributed by atoms with Gasteiger partial charge in [-0.2, -0.15) is 0 Å². The monoisotopic (exact) mass is 792 g/mol. The van der Waals surface area contributed by atoms with Crippen LogP contribution in [0.3, 0.4) is 0 Å². The van der Waals surface area contributed by atoms with Gasteiger partial charge >= 0.3 is 34.1 Å². The third kappa shape index (κ3) is 14.7. The number of benzene rings is 4. The molecule has 0 heterocycles. The van der Waals surface area contributed by atoms with Gasteiger partial charge in [-0.15, -0.1) is 0 Å². The molecule has 0 bridgehead atoms. The van der Waals surface area contributed by atoms with Crippen LogP contribution in [0.2, 0.25) is 0 Å². The fourth-order valence-corrected chi connectivity index (χ4v) is 2.77. The fraction of sp³-hybridized carbons (Fsp3) is 0. The number of carboxylic acids is 4. The molecule has 0 aromatic heterocycles. The first-order valence-electron chi connectivity index (χ1n) is 11.1. The minimum atomic E-state index is -1.85. The molecule has 0 aliphatic heterocycles. The summed E-state index contributed by atoms with van der Waals surface area (Å²) in [5.74, 6) is -16.3. The van der Waals surface area contributed by atoms with E-state index in [1.807, 2.05) is 0 Å². The van der Waals surface area contributed by atoms with Crippen LogP contribution in [0.1, 0.15) is 41.4 Å². The average Bonchev–Trinajstić information content (AvgIpc) is 2.89. The number of hydrogen-bond acceptors (Lipinski definition) is 8. The number of carbonyl (C=O) groups excluding carboxylic acids is 4. The molecule has 10 nitrogen and oxygen atoms in total. The summed E-state index contributed by atoms with van der Waals surface area (Å²) < 4.78 is 99.5. The van der Waals surface area contributed by atoms with Crippen LogP contribution in [0, 0.1) is 46.5 Å². The second kappa shape index (κ2) is 23.5. The molecule has 0 amide bonds. The largest absolute Gasteiger partial charge is 2.00 e. The summed E-state index contributed by atoms with van der Waals surface area (Å²) in [5, 5.41) is 40.2. The van der Waals surface area contributed by atoms with Crippen molar-refractivity contribution in [2.24, 2.45) is 0 Å². The minimum Gasteiger partial charge on any atom is -0.545 e. The van der Waals surface area contributed by atoms with Crippen LogP contribution < -0.4 is 20.4 Å². The van der Waals surface area contributed by atoms with Crippen molar-refractivity contribution >= 4 is 23.9 Å². The van der Waals surface area contributed by atoms with E-state index in [0.29, 0.717) is 0 Å². The first-order chi connectivity index (χ1) is 20.5. The van der Waals surface area contributed by atoms with E-state index < -0.39 is 92.7 Å². The maximum absolute atomic E-state index is 12.4. The molecule has 0 aliphatic carbocycles. The van der Waals surface area contributed by atoms with Crippen molar-refractivity contribution in [1.29, 1.82) is 0 Å². The van der Waals surface area contributed by atoms with Crippen molar-refractivity contribution in [3.05, 3.63) is 142 Å². The second-order valence-electron chi connectivity index (χ2n) is 7.54. The van der Waals surface area contributed by atoms with Crippen LogP contribution >= 0.6 is 0 Å². The Morgan fingerprint density at radius 3 is 0.500 bits per heavy atom. The number of carbonyl (C=O) groups is 4. The molecule has 4 rings (SSSR count). The zero-order valence-electron chi connectivity index (χ0n) is 23.0. The molecule has 0 saturated carbocycles. The van der Waals surface area contributed by atoms with Crippen molar-refractivity contribution in [2.45, 2.75) is 0 Å². The molecule has 0 saturated heterocycles. The van der Waals surface area contributed by atoms with Crippen molar-refractivity contribution in [3.63, 3.8) is 0 Å². The molecule has 0 aliphatic rings. The summed E-state index contributed by atoms with van der Waals surface area (Å²) >= 11 is 0. The standard InChI is InChI=1S/4C7H4F2O2.2Cu.2H2O/c4*8-4-2-1-3-5(9)6(4)7(10)11;;;;/h4*1-3H,(H,10,11);;;2*1H2/q;;;;2*+2;;/p-2. The van der Waals surface area contributed by atoms with Gasteiger partial charge in [0, 0.05) is 0 Å². The van der Waals surface area contributed by atoms with E-state index in [4.69, 9.17) is 0 Å². The third-order valence-corrected chi connectivity index (χ3v) is 4.67. The second-order valence-corrected chi connectivity index (χ2v) is 7.54. The van der Waals surface area contributed by atoms with Gasteiger partial charge in [0.2, 0.25) is 0 Å². The van der Waals surface area contributed by atoms with Gasteiger partial charge in [-0.3, -0.25) is 0 Å². The molecule has 0 unspecified atom stereocenters. The van der Waals surface area contributed by atoms with Crippen molar-refractivity contribution in [1.82, 2.24) is 0 Å². The van der Waals surface area contributed by atoms with E-state index in [1.165, 1.54) is 0 Å². The van der Waals surface area contributed by atoms with Gasteiger partial charge in [0.1, 0.15) is 46.5 Å². The number of carboxylic acid groups (broad SMARTS) is 4. The third-order valence-electron chi connectivity index (χ3n) is 4.67. The molecule has 20 heteroatoms. The number of aromatic carboxylic acids is 4. The van der Waals surface area contributed by atoms with Crippen molar-refractivity contribution in [2.75, 3.05) is 0 Å². The van der Waals surface area contributed by atoms with Gasteiger partial charge in [-0.25, -0.2) is 35.1 Å². The Bertz CT molecular complexity index is 1370. The molecule has 4 aromatic rings. The van der Waals surface area contributed by atoms with Gasteiger partial charge in [-0.1, -0.05) is 24.3 Å². The molecule has 48 heavy (non-hydrogen) atoms. The van der Waals surface area contributed by atoms with Crippen molar-refractivity contribution < 1.29 is 120 Å². The molecular weight excluding hydrogens is 775 g/mol. The summed E-state index contributed by atoms with van der Waals surface area (Å²) in [6, 6.07) is 11.2. The van der Waals surface area contributed by atoms with E-state index in [2.05, 4.69) is 0 Å². The maximum Gasteiger partial charge on any atom is 2.00 e. The maximum atomic E-state index is 12.4. The van der Waals surface area contributed by atoms with E-state index in [1.54, 1.807) is 0 Å². The minimum absolute atomic E-state index is 0. The van der Waals surface area contributed by atoms with Crippen LogP contribution in [0.15, 0.2) is 72.8 Å². The van der Waals surface area contributed by atoms with E-state index in [9.17, 15) is 74.7 Å². The zero-order chi connectivity index (χ0) is 33.7. The number of halogens is 8. The van der Waals surface area contributed by atoms with Gasteiger partial charge in [0.15, 0.2) is 0 Å². The first-order valence-corrected chi connectivity index (χ1v) is 11.1. The molecule has 0 atom stereocenters. The number of hydrogen-bond donors (Lipinski definition) is 0. The summed E-state index contributed by atoms with van der Waals surface area (Å²) in [4.78, 5) is 40.2. The molecular formula is C28H18Cu2F8O10+2. The first kappa shape index (κ1) is 50.0. The Labute approximate surface area is 284 Å². The summed E-state index contributed by atoms with van der Waals surface area (Å²) in [6.45, 7) is 0. The van der Waals surface area contributed by atoms with Crippen LogP contribution in [-0.4, -0.2) is 23.9 Å². The molecule has 4 aromatic carbocycles. The Hall–Kier alpha value is -4.84. The van der Waals surface area contributed by atoms with Gasteiger partial charge in [-0.05, 0) is 48.5 Å². The molecule has 6 N–H and O–H groups in total. The Morgan fingerprint density at radius 2 is 0.438 bits per heavy atom. The average molecular weight is 794 g/mol. The van der Waals surface area contributed by atoms with Crippen LogP contribution in [0.5, 0.6) is 0 Å². The Kier molecular flexibility index (Phi) is 24.5. The van der Waals surface area contributed by atoms with E-state index in [0.717, 1.165) is 72.8 Å². The quantitative estimate of drug-likeness (QED) is 0.148. The van der Waals surface area contributed by atoms with Crippen LogP contribution in [0.25, 0.3) is 0 Å². The predicted octanol–water partition coefficient (Wildman–Crippen LogP) is -0.536. The van der Waals surface area contributed by atoms with Crippen LogP contribution in [0.4, 0.5) is 35.1 Å². The van der Waals surface area contributed by atoms with E-state index in [-0.39, 0.29) is 45.1 Å². The molecule has 0 spiro atoms. The van der Waals surface area contributed by atoms with Gasteiger partial charge in [0.25, 0.3) is 0 Å². The predicted molar refractivity (Wildman–Crippen MR) is 132 cm³/mol. The molecule has 2 radical (unpaired) electrons. The molecule has 266 valence electrons. The number of rotatable bonds is 4. The Balaban J connectivity index is -0.000000262. The fourth-order valence-electron chi connectivity index (χ4n) is 2.77. The smallest absolute Gasteiger partial charge is 0.545 e. The zero-order valence-corrected chi connectivity index (χ0v) is 24.9. The van der Waals surface area contributed by atoms with Crippen molar-refractivity contribution in [3.8, 4) is 0 Å². The van der Waals surface area contributed by atoms with Gasteiger partial charge < -0.3 is 50.6 Å². The topological polar surface area (TPSA) is 227 Å². The molecule has 0 fully saturated rings. The summed E-state index contributed by atoms with van der Waals surface area (Å²) in [6.07, 6.45) is 0. The van der Waals surface area contributed by atoms with Gasteiger partial charge in [0.05, 0.1) is 46.1 Å².